The maximum atomic E-state index is 13.2. The summed E-state index contributed by atoms with van der Waals surface area (Å²) in [4.78, 5) is 25.1. The Balaban J connectivity index is 1.56. The van der Waals surface area contributed by atoms with Crippen LogP contribution in [-0.2, 0) is 17.1 Å². The van der Waals surface area contributed by atoms with E-state index in [2.05, 4.69) is 10.6 Å². The normalized spacial score (nSPS) is 26.4. The van der Waals surface area contributed by atoms with Gasteiger partial charge in [-0.3, -0.25) is 9.59 Å². The van der Waals surface area contributed by atoms with Crippen molar-refractivity contribution in [3.8, 4) is 0 Å². The van der Waals surface area contributed by atoms with Gasteiger partial charge in [-0.25, -0.2) is 8.78 Å². The summed E-state index contributed by atoms with van der Waals surface area (Å²) in [5.41, 5.74) is -4.06. The van der Waals surface area contributed by atoms with E-state index in [0.717, 1.165) is 6.07 Å². The lowest BCUT2D eigenvalue weighted by molar-refractivity contribution is -0.143. The topological polar surface area (TPSA) is 58.2 Å². The van der Waals surface area contributed by atoms with Crippen molar-refractivity contribution in [3.05, 3.63) is 63.7 Å². The smallest absolute Gasteiger partial charge is 0.343 e. The van der Waals surface area contributed by atoms with Crippen molar-refractivity contribution in [3.63, 3.8) is 0 Å². The fraction of sp³-hybridized carbons (Fsp3) is 0.364. The van der Waals surface area contributed by atoms with E-state index in [1.165, 1.54) is 12.1 Å². The third-order valence-electron chi connectivity index (χ3n) is 5.93. The second-order valence-corrected chi connectivity index (χ2v) is 10.4. The zero-order valence-corrected chi connectivity index (χ0v) is 20.1. The van der Waals surface area contributed by atoms with Gasteiger partial charge in [-0.05, 0) is 42.0 Å². The highest BCUT2D eigenvalue weighted by Gasteiger charge is 2.68. The van der Waals surface area contributed by atoms with Crippen LogP contribution in [0.2, 0.25) is 5.02 Å². The van der Waals surface area contributed by atoms with Crippen molar-refractivity contribution < 1.29 is 44.7 Å². The fourth-order valence-corrected chi connectivity index (χ4v) is 4.88. The number of carbonyl (C=O) groups is 2. The van der Waals surface area contributed by atoms with Crippen LogP contribution >= 0.6 is 34.8 Å². The Morgan fingerprint density at radius 3 is 1.89 bits per heavy atom. The highest BCUT2D eigenvalue weighted by atomic mass is 35.5. The van der Waals surface area contributed by atoms with Gasteiger partial charge in [-0.1, -0.05) is 11.6 Å². The first-order valence-corrected chi connectivity index (χ1v) is 11.4. The summed E-state index contributed by atoms with van der Waals surface area (Å²) in [7, 11) is 0. The molecule has 0 aromatic heterocycles. The zero-order chi connectivity index (χ0) is 27.7. The molecule has 2 fully saturated rings. The Bertz CT molecular complexity index is 1230. The molecule has 2 aliphatic carbocycles. The van der Waals surface area contributed by atoms with Gasteiger partial charge in [-0.2, -0.15) is 26.3 Å². The average Bonchev–Trinajstić information content (AvgIpc) is 3.58. The highest BCUT2D eigenvalue weighted by molar-refractivity contribution is 6.53. The lowest BCUT2D eigenvalue weighted by Gasteiger charge is -2.14. The van der Waals surface area contributed by atoms with Crippen LogP contribution in [0.25, 0.3) is 0 Å². The summed E-state index contributed by atoms with van der Waals surface area (Å²) >= 11 is 18.1. The van der Waals surface area contributed by atoms with Gasteiger partial charge >= 0.3 is 12.4 Å². The number of rotatable bonds is 5. The Morgan fingerprint density at radius 2 is 1.41 bits per heavy atom. The van der Waals surface area contributed by atoms with Crippen molar-refractivity contribution in [2.45, 2.75) is 41.0 Å². The van der Waals surface area contributed by atoms with Gasteiger partial charge < -0.3 is 10.6 Å². The van der Waals surface area contributed by atoms with Crippen LogP contribution in [0.3, 0.4) is 0 Å². The largest absolute Gasteiger partial charge is 0.416 e. The van der Waals surface area contributed by atoms with E-state index in [-0.39, 0.29) is 22.3 Å². The van der Waals surface area contributed by atoms with Crippen molar-refractivity contribution in [2.75, 3.05) is 5.32 Å². The van der Waals surface area contributed by atoms with Crippen LogP contribution in [0.4, 0.5) is 40.8 Å². The van der Waals surface area contributed by atoms with E-state index in [1.54, 1.807) is 0 Å². The lowest BCUT2D eigenvalue weighted by Crippen LogP contribution is -2.28. The molecule has 15 heteroatoms. The van der Waals surface area contributed by atoms with Crippen LogP contribution in [-0.4, -0.2) is 34.5 Å². The summed E-state index contributed by atoms with van der Waals surface area (Å²) in [5, 5.41) is 4.28. The molecule has 4 unspecified atom stereocenters. The number of alkyl halides is 10. The van der Waals surface area contributed by atoms with Gasteiger partial charge in [0.05, 0.1) is 33.7 Å². The number of amides is 2. The van der Waals surface area contributed by atoms with Gasteiger partial charge in [0.2, 0.25) is 5.91 Å². The fourth-order valence-electron chi connectivity index (χ4n) is 3.85. The maximum Gasteiger partial charge on any atom is 0.416 e. The number of benzene rings is 2. The zero-order valence-electron chi connectivity index (χ0n) is 17.8. The number of carbonyl (C=O) groups excluding carboxylic acids is 2. The number of hydrogen-bond acceptors (Lipinski definition) is 2. The number of hydrogen-bond donors (Lipinski definition) is 2. The SMILES string of the molecule is O=C(NC1C(F)C1F)c1cc(NC(=O)C2C(c3cc(C(F)(F)F)cc(C(F)(F)F)c3)C2(Cl)Cl)ccc1Cl. The molecule has 2 saturated carbocycles. The van der Waals surface area contributed by atoms with E-state index in [9.17, 15) is 44.7 Å². The van der Waals surface area contributed by atoms with Gasteiger partial charge in [0, 0.05) is 11.6 Å². The molecule has 2 aliphatic rings. The van der Waals surface area contributed by atoms with E-state index >= 15 is 0 Å². The summed E-state index contributed by atoms with van der Waals surface area (Å²) in [6.45, 7) is 0. The molecule has 0 aliphatic heterocycles. The Kier molecular flexibility index (Phi) is 6.86. The molecule has 0 saturated heterocycles. The standard InChI is InChI=1S/C22H13Cl3F8N2O2/c23-12-2-1-10(6-11(12)18(36)35-17-15(26)16(17)27)34-19(37)14-13(20(14,24)25)7-3-8(21(28,29)30)5-9(4-7)22(31,32)33/h1-6,13-17H,(H,34,37)(H,35,36). The maximum absolute atomic E-state index is 13.2. The quantitative estimate of drug-likeness (QED) is 0.299. The molecule has 2 N–H and O–H groups in total. The number of halogens is 11. The van der Waals surface area contributed by atoms with Crippen LogP contribution in [0.1, 0.15) is 33.0 Å². The van der Waals surface area contributed by atoms with Crippen molar-refractivity contribution in [1.29, 1.82) is 0 Å². The predicted molar refractivity (Wildman–Crippen MR) is 118 cm³/mol. The second kappa shape index (κ2) is 9.16. The predicted octanol–water partition coefficient (Wildman–Crippen LogP) is 6.69. The monoisotopic (exact) mass is 594 g/mol. The summed E-state index contributed by atoms with van der Waals surface area (Å²) in [6, 6.07) is 2.93. The molecule has 0 bridgehead atoms. The third kappa shape index (κ3) is 5.46. The minimum absolute atomic E-state index is 0.0662. The molecule has 37 heavy (non-hydrogen) atoms. The van der Waals surface area contributed by atoms with Gasteiger partial charge in [-0.15, -0.1) is 23.2 Å². The van der Waals surface area contributed by atoms with Gasteiger partial charge in [0.15, 0.2) is 12.3 Å². The molecule has 2 amide bonds. The molecule has 4 rings (SSSR count). The van der Waals surface area contributed by atoms with E-state index in [0.29, 0.717) is 12.1 Å². The van der Waals surface area contributed by atoms with E-state index in [4.69, 9.17) is 34.8 Å². The molecule has 2 aromatic rings. The highest BCUT2D eigenvalue weighted by Crippen LogP contribution is 2.65. The molecule has 200 valence electrons. The minimum Gasteiger partial charge on any atom is -0.343 e. The van der Waals surface area contributed by atoms with Crippen molar-refractivity contribution in [2.24, 2.45) is 5.92 Å². The molecular formula is C22H13Cl3F8N2O2. The summed E-state index contributed by atoms with van der Waals surface area (Å²) in [6.07, 6.45) is -14.0. The van der Waals surface area contributed by atoms with Crippen LogP contribution in [0.5, 0.6) is 0 Å². The van der Waals surface area contributed by atoms with Gasteiger partial charge in [0.1, 0.15) is 4.33 Å². The first-order valence-electron chi connectivity index (χ1n) is 10.3. The average molecular weight is 596 g/mol. The molecule has 4 atom stereocenters. The minimum atomic E-state index is -5.12. The summed E-state index contributed by atoms with van der Waals surface area (Å²) < 4.78 is 103. The molecule has 0 radical (unpaired) electrons. The molecule has 0 spiro atoms. The number of anilines is 1. The Labute approximate surface area is 218 Å². The number of nitrogens with one attached hydrogen (secondary N) is 2. The lowest BCUT2D eigenvalue weighted by atomic mass is 10.0. The van der Waals surface area contributed by atoms with E-state index < -0.39 is 75.4 Å². The van der Waals surface area contributed by atoms with Crippen molar-refractivity contribution in [1.82, 2.24) is 5.32 Å². The Hall–Kier alpha value is -2.31. The van der Waals surface area contributed by atoms with Crippen molar-refractivity contribution >= 4 is 52.3 Å². The summed E-state index contributed by atoms with van der Waals surface area (Å²) in [5.74, 6) is -4.79. The van der Waals surface area contributed by atoms with Crippen LogP contribution in [0, 0.1) is 5.92 Å². The van der Waals surface area contributed by atoms with Gasteiger partial charge in [0.25, 0.3) is 5.91 Å². The molecule has 0 heterocycles. The third-order valence-corrected chi connectivity index (χ3v) is 7.20. The molecule has 4 nitrogen and oxygen atoms in total. The first kappa shape index (κ1) is 27.7. The molecule has 2 aromatic carbocycles. The van der Waals surface area contributed by atoms with Crippen LogP contribution < -0.4 is 10.6 Å². The Morgan fingerprint density at radius 1 is 0.865 bits per heavy atom. The van der Waals surface area contributed by atoms with E-state index in [1.807, 2.05) is 0 Å². The molecular weight excluding hydrogens is 583 g/mol. The van der Waals surface area contributed by atoms with Crippen LogP contribution in [0.15, 0.2) is 36.4 Å². The second-order valence-electron chi connectivity index (χ2n) is 8.54. The first-order chi connectivity index (χ1) is 16.9.